The van der Waals surface area contributed by atoms with Gasteiger partial charge in [-0.3, -0.25) is 4.79 Å². The van der Waals surface area contributed by atoms with Crippen LogP contribution in [0.4, 0.5) is 0 Å². The largest absolute Gasteiger partial charge is 0.368 e. The third kappa shape index (κ3) is 4.69. The number of nitrogens with one attached hydrogen (secondary N) is 1. The molecule has 3 nitrogen and oxygen atoms in total. The summed E-state index contributed by atoms with van der Waals surface area (Å²) >= 11 is 3.50. The molecule has 0 radical (unpaired) electrons. The summed E-state index contributed by atoms with van der Waals surface area (Å²) in [6.07, 6.45) is 1.76. The summed E-state index contributed by atoms with van der Waals surface area (Å²) in [7, 11) is 0. The van der Waals surface area contributed by atoms with Crippen molar-refractivity contribution in [2.75, 3.05) is 12.3 Å². The SMILES string of the molecule is CCCNC(C)(CCSc1cccs1)C(N)=O. The quantitative estimate of drug-likeness (QED) is 0.715. The standard InChI is InChI=1S/C12H20N2OS2/c1-3-7-14-12(2,11(13)15)6-9-17-10-5-4-8-16-10/h4-5,8,14H,3,6-7,9H2,1-2H3,(H2,13,15). The number of nitrogens with two attached hydrogens (primary N) is 1. The zero-order valence-electron chi connectivity index (χ0n) is 10.4. The fourth-order valence-electron chi connectivity index (χ4n) is 1.40. The van der Waals surface area contributed by atoms with Crippen LogP contribution < -0.4 is 11.1 Å². The van der Waals surface area contributed by atoms with Crippen LogP contribution in [-0.2, 0) is 4.79 Å². The highest BCUT2D eigenvalue weighted by Crippen LogP contribution is 2.25. The van der Waals surface area contributed by atoms with Gasteiger partial charge in [0.1, 0.15) is 0 Å². The van der Waals surface area contributed by atoms with Crippen molar-refractivity contribution in [3.05, 3.63) is 17.5 Å². The Kier molecular flexibility index (Phi) is 6.02. The van der Waals surface area contributed by atoms with E-state index < -0.39 is 5.54 Å². The maximum absolute atomic E-state index is 11.5. The molecular formula is C12H20N2OS2. The van der Waals surface area contributed by atoms with E-state index in [1.165, 1.54) is 4.21 Å². The molecule has 1 rings (SSSR count). The van der Waals surface area contributed by atoms with Crippen LogP contribution in [0.15, 0.2) is 21.7 Å². The van der Waals surface area contributed by atoms with Crippen LogP contribution >= 0.6 is 23.1 Å². The van der Waals surface area contributed by atoms with E-state index in [0.29, 0.717) is 0 Å². The monoisotopic (exact) mass is 272 g/mol. The predicted molar refractivity (Wildman–Crippen MR) is 75.6 cm³/mol. The Hall–Kier alpha value is -0.520. The zero-order chi connectivity index (χ0) is 12.7. The molecule has 1 unspecified atom stereocenters. The lowest BCUT2D eigenvalue weighted by Crippen LogP contribution is -2.53. The van der Waals surface area contributed by atoms with Gasteiger partial charge >= 0.3 is 0 Å². The Balaban J connectivity index is 2.41. The molecule has 0 aromatic carbocycles. The molecule has 0 fully saturated rings. The average molecular weight is 272 g/mol. The molecule has 1 aromatic rings. The van der Waals surface area contributed by atoms with E-state index in [2.05, 4.69) is 23.7 Å². The van der Waals surface area contributed by atoms with Gasteiger partial charge in [0, 0.05) is 5.75 Å². The molecule has 96 valence electrons. The Morgan fingerprint density at radius 1 is 1.65 bits per heavy atom. The third-order valence-electron chi connectivity index (χ3n) is 2.65. The number of hydrogen-bond acceptors (Lipinski definition) is 4. The molecular weight excluding hydrogens is 252 g/mol. The lowest BCUT2D eigenvalue weighted by molar-refractivity contribution is -0.123. The molecule has 1 heterocycles. The van der Waals surface area contributed by atoms with Crippen LogP contribution in [0.5, 0.6) is 0 Å². The summed E-state index contributed by atoms with van der Waals surface area (Å²) in [5, 5.41) is 5.30. The van der Waals surface area contributed by atoms with Crippen molar-refractivity contribution >= 4 is 29.0 Å². The first-order chi connectivity index (χ1) is 8.08. The first-order valence-corrected chi connectivity index (χ1v) is 7.66. The van der Waals surface area contributed by atoms with Gasteiger partial charge in [-0.1, -0.05) is 13.0 Å². The smallest absolute Gasteiger partial charge is 0.237 e. The number of rotatable bonds is 8. The molecule has 1 amide bonds. The Morgan fingerprint density at radius 3 is 2.94 bits per heavy atom. The van der Waals surface area contributed by atoms with E-state index in [4.69, 9.17) is 5.73 Å². The molecule has 0 saturated heterocycles. The summed E-state index contributed by atoms with van der Waals surface area (Å²) < 4.78 is 1.28. The second-order valence-corrected chi connectivity index (χ2v) is 6.50. The minimum atomic E-state index is -0.583. The van der Waals surface area contributed by atoms with Crippen molar-refractivity contribution in [1.82, 2.24) is 5.32 Å². The van der Waals surface area contributed by atoms with Gasteiger partial charge in [-0.25, -0.2) is 0 Å². The number of primary amides is 1. The number of amides is 1. The normalized spacial score (nSPS) is 14.5. The van der Waals surface area contributed by atoms with Crippen LogP contribution in [-0.4, -0.2) is 23.7 Å². The lowest BCUT2D eigenvalue weighted by atomic mass is 9.98. The van der Waals surface area contributed by atoms with Crippen molar-refractivity contribution in [1.29, 1.82) is 0 Å². The summed E-state index contributed by atoms with van der Waals surface area (Å²) in [6.45, 7) is 4.79. The molecule has 0 saturated carbocycles. The Labute approximate surface area is 111 Å². The van der Waals surface area contributed by atoms with E-state index >= 15 is 0 Å². The van der Waals surface area contributed by atoms with Gasteiger partial charge in [-0.15, -0.1) is 23.1 Å². The molecule has 3 N–H and O–H groups in total. The van der Waals surface area contributed by atoms with Crippen molar-refractivity contribution in [2.45, 2.75) is 36.4 Å². The minimum Gasteiger partial charge on any atom is -0.368 e. The van der Waals surface area contributed by atoms with E-state index in [9.17, 15) is 4.79 Å². The molecule has 0 bridgehead atoms. The molecule has 1 aromatic heterocycles. The second-order valence-electron chi connectivity index (χ2n) is 4.15. The van der Waals surface area contributed by atoms with Gasteiger partial charge in [0.05, 0.1) is 9.75 Å². The molecule has 0 aliphatic rings. The van der Waals surface area contributed by atoms with Crippen LogP contribution in [0.25, 0.3) is 0 Å². The summed E-state index contributed by atoms with van der Waals surface area (Å²) in [5.41, 5.74) is 4.88. The molecule has 0 spiro atoms. The highest BCUT2D eigenvalue weighted by molar-refractivity contribution is 8.01. The average Bonchev–Trinajstić information content (AvgIpc) is 2.79. The topological polar surface area (TPSA) is 55.1 Å². The van der Waals surface area contributed by atoms with Gasteiger partial charge in [0.15, 0.2) is 0 Å². The lowest BCUT2D eigenvalue weighted by Gasteiger charge is -2.27. The van der Waals surface area contributed by atoms with Crippen molar-refractivity contribution in [3.8, 4) is 0 Å². The number of carbonyl (C=O) groups excluding carboxylic acids is 1. The van der Waals surface area contributed by atoms with Gasteiger partial charge in [0.2, 0.25) is 5.91 Å². The van der Waals surface area contributed by atoms with Gasteiger partial charge < -0.3 is 11.1 Å². The molecule has 0 aliphatic heterocycles. The van der Waals surface area contributed by atoms with Crippen molar-refractivity contribution in [3.63, 3.8) is 0 Å². The summed E-state index contributed by atoms with van der Waals surface area (Å²) in [5.74, 6) is 0.633. The van der Waals surface area contributed by atoms with E-state index in [-0.39, 0.29) is 5.91 Å². The summed E-state index contributed by atoms with van der Waals surface area (Å²) in [4.78, 5) is 11.5. The maximum atomic E-state index is 11.5. The minimum absolute atomic E-state index is 0.266. The van der Waals surface area contributed by atoms with Gasteiger partial charge in [-0.2, -0.15) is 0 Å². The van der Waals surface area contributed by atoms with Crippen LogP contribution in [0, 0.1) is 0 Å². The van der Waals surface area contributed by atoms with Crippen molar-refractivity contribution in [2.24, 2.45) is 5.73 Å². The number of hydrogen-bond donors (Lipinski definition) is 2. The maximum Gasteiger partial charge on any atom is 0.237 e. The first-order valence-electron chi connectivity index (χ1n) is 5.79. The highest BCUT2D eigenvalue weighted by Gasteiger charge is 2.29. The van der Waals surface area contributed by atoms with E-state index in [0.717, 1.165) is 25.1 Å². The number of carbonyl (C=O) groups is 1. The molecule has 17 heavy (non-hydrogen) atoms. The third-order valence-corrected chi connectivity index (χ3v) is 4.78. The van der Waals surface area contributed by atoms with Gasteiger partial charge in [0.25, 0.3) is 0 Å². The fourth-order valence-corrected chi connectivity index (χ4v) is 3.42. The Bertz CT molecular complexity index is 340. The van der Waals surface area contributed by atoms with E-state index in [1.807, 2.05) is 13.0 Å². The van der Waals surface area contributed by atoms with Crippen LogP contribution in [0.3, 0.4) is 0 Å². The highest BCUT2D eigenvalue weighted by atomic mass is 32.2. The molecule has 0 aliphatic carbocycles. The van der Waals surface area contributed by atoms with Crippen LogP contribution in [0.2, 0.25) is 0 Å². The number of thiophene rings is 1. The first kappa shape index (κ1) is 14.5. The number of thioether (sulfide) groups is 1. The molecule has 1 atom stereocenters. The van der Waals surface area contributed by atoms with Crippen LogP contribution in [0.1, 0.15) is 26.7 Å². The zero-order valence-corrected chi connectivity index (χ0v) is 12.0. The predicted octanol–water partition coefficient (Wildman–Crippen LogP) is 2.47. The summed E-state index contributed by atoms with van der Waals surface area (Å²) in [6, 6.07) is 4.13. The van der Waals surface area contributed by atoms with E-state index in [1.54, 1.807) is 23.1 Å². The Morgan fingerprint density at radius 2 is 2.41 bits per heavy atom. The van der Waals surface area contributed by atoms with Crippen molar-refractivity contribution < 1.29 is 4.79 Å². The molecule has 5 heteroatoms. The van der Waals surface area contributed by atoms with Gasteiger partial charge in [-0.05, 0) is 37.8 Å². The second kappa shape index (κ2) is 7.03. The fraction of sp³-hybridized carbons (Fsp3) is 0.583.